The second kappa shape index (κ2) is 7.94. The summed E-state index contributed by atoms with van der Waals surface area (Å²) in [5.41, 5.74) is 4.09. The van der Waals surface area contributed by atoms with Crippen molar-refractivity contribution in [1.29, 1.82) is 0 Å². The minimum absolute atomic E-state index is 0.149. The van der Waals surface area contributed by atoms with Crippen molar-refractivity contribution in [1.82, 2.24) is 4.98 Å². The molecule has 25 heavy (non-hydrogen) atoms. The van der Waals surface area contributed by atoms with Gasteiger partial charge in [0.25, 0.3) is 5.35 Å². The van der Waals surface area contributed by atoms with Crippen LogP contribution < -0.4 is 4.74 Å². The molecule has 3 nitrogen and oxygen atoms in total. The summed E-state index contributed by atoms with van der Waals surface area (Å²) in [4.78, 5) is 4.29. The van der Waals surface area contributed by atoms with Gasteiger partial charge in [-0.05, 0) is 61.2 Å². The molecule has 0 atom stereocenters. The van der Waals surface area contributed by atoms with Gasteiger partial charge in [0.15, 0.2) is 0 Å². The van der Waals surface area contributed by atoms with Gasteiger partial charge in [-0.2, -0.15) is 4.98 Å². The summed E-state index contributed by atoms with van der Waals surface area (Å²) >= 11 is 11.9. The molecule has 0 aliphatic carbocycles. The molecule has 0 N–H and O–H groups in total. The van der Waals surface area contributed by atoms with Crippen LogP contribution in [0, 0.1) is 13.8 Å². The number of hydrogen-bond acceptors (Lipinski definition) is 3. The Morgan fingerprint density at radius 3 is 2.56 bits per heavy atom. The van der Waals surface area contributed by atoms with Crippen LogP contribution in [0.1, 0.15) is 23.3 Å². The number of aromatic nitrogens is 1. The fourth-order valence-corrected chi connectivity index (χ4v) is 2.92. The highest BCUT2D eigenvalue weighted by Crippen LogP contribution is 2.28. The third-order valence-electron chi connectivity index (χ3n) is 4.15. The maximum absolute atomic E-state index is 5.96. The highest BCUT2D eigenvalue weighted by atomic mass is 35.5. The first-order chi connectivity index (χ1) is 12.0. The van der Waals surface area contributed by atoms with Crippen LogP contribution >= 0.6 is 23.2 Å². The first-order valence-electron chi connectivity index (χ1n) is 8.15. The van der Waals surface area contributed by atoms with Crippen molar-refractivity contribution >= 4 is 23.2 Å². The van der Waals surface area contributed by atoms with E-state index in [0.29, 0.717) is 18.1 Å². The van der Waals surface area contributed by atoms with Crippen LogP contribution in [0.25, 0.3) is 11.3 Å². The van der Waals surface area contributed by atoms with Gasteiger partial charge in [-0.3, -0.25) is 0 Å². The van der Waals surface area contributed by atoms with Crippen molar-refractivity contribution in [3.8, 4) is 17.0 Å². The van der Waals surface area contributed by atoms with Crippen molar-refractivity contribution in [2.45, 2.75) is 26.7 Å². The standard InChI is InChI=1S/C20H19Cl2NO2/c1-13-5-3-6-17(14(13)2)24-12-4-7-18-19(23-20(22)25-18)15-8-10-16(21)11-9-15/h3,5-6,8-11H,4,7,12H2,1-2H3. The number of rotatable bonds is 6. The van der Waals surface area contributed by atoms with Crippen molar-refractivity contribution < 1.29 is 9.15 Å². The Morgan fingerprint density at radius 1 is 1.04 bits per heavy atom. The lowest BCUT2D eigenvalue weighted by atomic mass is 10.1. The second-order valence-electron chi connectivity index (χ2n) is 5.90. The highest BCUT2D eigenvalue weighted by molar-refractivity contribution is 6.30. The molecule has 2 aromatic carbocycles. The molecule has 0 fully saturated rings. The number of aryl methyl sites for hydroxylation is 2. The van der Waals surface area contributed by atoms with E-state index in [1.165, 1.54) is 11.1 Å². The molecule has 1 heterocycles. The molecule has 1 aromatic heterocycles. The lowest BCUT2D eigenvalue weighted by Crippen LogP contribution is -2.01. The van der Waals surface area contributed by atoms with Crippen LogP contribution in [0.2, 0.25) is 10.4 Å². The number of nitrogens with zero attached hydrogens (tertiary/aromatic N) is 1. The maximum Gasteiger partial charge on any atom is 0.292 e. The van der Waals surface area contributed by atoms with Crippen molar-refractivity contribution in [3.05, 3.63) is 69.7 Å². The van der Waals surface area contributed by atoms with Gasteiger partial charge >= 0.3 is 0 Å². The van der Waals surface area contributed by atoms with Crippen LogP contribution in [0.3, 0.4) is 0 Å². The Kier molecular flexibility index (Phi) is 5.67. The SMILES string of the molecule is Cc1cccc(OCCCc2oc(Cl)nc2-c2ccc(Cl)cc2)c1C. The van der Waals surface area contributed by atoms with Gasteiger partial charge in [-0.15, -0.1) is 0 Å². The first-order valence-corrected chi connectivity index (χ1v) is 8.90. The third-order valence-corrected chi connectivity index (χ3v) is 4.56. The number of halogens is 2. The summed E-state index contributed by atoms with van der Waals surface area (Å²) in [5, 5.41) is 0.831. The van der Waals surface area contributed by atoms with E-state index in [9.17, 15) is 0 Å². The van der Waals surface area contributed by atoms with E-state index in [4.69, 9.17) is 32.4 Å². The zero-order chi connectivity index (χ0) is 17.8. The lowest BCUT2D eigenvalue weighted by Gasteiger charge is -2.10. The van der Waals surface area contributed by atoms with Crippen LogP contribution in [-0.4, -0.2) is 11.6 Å². The quantitative estimate of drug-likeness (QED) is 0.475. The van der Waals surface area contributed by atoms with Crippen LogP contribution in [-0.2, 0) is 6.42 Å². The fourth-order valence-electron chi connectivity index (χ4n) is 2.62. The normalized spacial score (nSPS) is 10.9. The van der Waals surface area contributed by atoms with E-state index in [1.54, 1.807) is 0 Å². The largest absolute Gasteiger partial charge is 0.493 e. The van der Waals surface area contributed by atoms with Crippen LogP contribution in [0.5, 0.6) is 5.75 Å². The van der Waals surface area contributed by atoms with E-state index in [-0.39, 0.29) is 5.35 Å². The molecule has 0 radical (unpaired) electrons. The van der Waals surface area contributed by atoms with Crippen LogP contribution in [0.15, 0.2) is 46.9 Å². The molecule has 0 amide bonds. The van der Waals surface area contributed by atoms with Crippen molar-refractivity contribution in [3.63, 3.8) is 0 Å². The molecule has 0 unspecified atom stereocenters. The fraction of sp³-hybridized carbons (Fsp3) is 0.250. The predicted molar refractivity (Wildman–Crippen MR) is 102 cm³/mol. The first kappa shape index (κ1) is 17.8. The van der Waals surface area contributed by atoms with E-state index < -0.39 is 0 Å². The van der Waals surface area contributed by atoms with Gasteiger partial charge in [0.2, 0.25) is 0 Å². The zero-order valence-electron chi connectivity index (χ0n) is 14.2. The molecule has 130 valence electrons. The molecule has 5 heteroatoms. The lowest BCUT2D eigenvalue weighted by molar-refractivity contribution is 0.304. The number of benzene rings is 2. The van der Waals surface area contributed by atoms with E-state index >= 15 is 0 Å². The van der Waals surface area contributed by atoms with Gasteiger partial charge in [0.1, 0.15) is 17.2 Å². The summed E-state index contributed by atoms with van der Waals surface area (Å²) in [6.07, 6.45) is 1.50. The monoisotopic (exact) mass is 375 g/mol. The minimum atomic E-state index is 0.149. The summed E-state index contributed by atoms with van der Waals surface area (Å²) in [5.74, 6) is 1.69. The average Bonchev–Trinajstić information content (AvgIpc) is 2.96. The van der Waals surface area contributed by atoms with Gasteiger partial charge in [0, 0.05) is 17.0 Å². The van der Waals surface area contributed by atoms with Gasteiger partial charge in [-0.25, -0.2) is 0 Å². The summed E-state index contributed by atoms with van der Waals surface area (Å²) in [7, 11) is 0. The molecule has 0 saturated heterocycles. The zero-order valence-corrected chi connectivity index (χ0v) is 15.7. The average molecular weight is 376 g/mol. The summed E-state index contributed by atoms with van der Waals surface area (Å²) in [6, 6.07) is 13.6. The molecule has 0 aliphatic heterocycles. The van der Waals surface area contributed by atoms with Crippen LogP contribution in [0.4, 0.5) is 0 Å². The molecule has 0 spiro atoms. The second-order valence-corrected chi connectivity index (χ2v) is 6.66. The van der Waals surface area contributed by atoms with Crippen molar-refractivity contribution in [2.24, 2.45) is 0 Å². The Hall–Kier alpha value is -1.97. The summed E-state index contributed by atoms with van der Waals surface area (Å²) in [6.45, 7) is 4.75. The minimum Gasteiger partial charge on any atom is -0.493 e. The molecular formula is C20H19Cl2NO2. The Morgan fingerprint density at radius 2 is 1.80 bits per heavy atom. The Bertz CT molecular complexity index is 857. The topological polar surface area (TPSA) is 35.3 Å². The molecule has 0 aliphatic rings. The van der Waals surface area contributed by atoms with Gasteiger partial charge in [-0.1, -0.05) is 35.9 Å². The number of hydrogen-bond donors (Lipinski definition) is 0. The molecule has 3 rings (SSSR count). The third kappa shape index (κ3) is 4.36. The number of ether oxygens (including phenoxy) is 1. The van der Waals surface area contributed by atoms with E-state index in [0.717, 1.165) is 29.2 Å². The Labute approximate surface area is 157 Å². The van der Waals surface area contributed by atoms with E-state index in [1.807, 2.05) is 36.4 Å². The van der Waals surface area contributed by atoms with Crippen molar-refractivity contribution in [2.75, 3.05) is 6.61 Å². The number of oxazole rings is 1. The Balaban J connectivity index is 1.64. The molecule has 3 aromatic rings. The van der Waals surface area contributed by atoms with Gasteiger partial charge in [0.05, 0.1) is 6.61 Å². The van der Waals surface area contributed by atoms with Gasteiger partial charge < -0.3 is 9.15 Å². The smallest absolute Gasteiger partial charge is 0.292 e. The molecular weight excluding hydrogens is 357 g/mol. The summed E-state index contributed by atoms with van der Waals surface area (Å²) < 4.78 is 11.5. The maximum atomic E-state index is 5.96. The molecule has 0 bridgehead atoms. The highest BCUT2D eigenvalue weighted by Gasteiger charge is 2.14. The van der Waals surface area contributed by atoms with E-state index in [2.05, 4.69) is 24.9 Å². The molecule has 0 saturated carbocycles. The predicted octanol–water partition coefficient (Wildman–Crippen LogP) is 6.28.